The second kappa shape index (κ2) is 3.90. The molecule has 1 N–H and O–H groups in total. The molecule has 1 aliphatic heterocycles. The molecule has 0 bridgehead atoms. The van der Waals surface area contributed by atoms with Crippen LogP contribution in [0.15, 0.2) is 29.4 Å². The minimum atomic E-state index is -0.543. The van der Waals surface area contributed by atoms with Gasteiger partial charge >= 0.3 is 0 Å². The van der Waals surface area contributed by atoms with Gasteiger partial charge in [-0.05, 0) is 31.2 Å². The monoisotopic (exact) mass is 206 g/mol. The molecule has 15 heavy (non-hydrogen) atoms. The second-order valence-electron chi connectivity index (χ2n) is 3.56. The van der Waals surface area contributed by atoms with E-state index < -0.39 is 6.23 Å². The number of hydrogen-bond acceptors (Lipinski definition) is 4. The highest BCUT2D eigenvalue weighted by molar-refractivity contribution is 5.86. The number of hydrazone groups is 1. The molecule has 4 heteroatoms. The molecule has 4 nitrogen and oxygen atoms in total. The Bertz CT molecular complexity index is 373. The first kappa shape index (κ1) is 9.98. The Morgan fingerprint density at radius 3 is 2.53 bits per heavy atom. The quantitative estimate of drug-likeness (QED) is 0.799. The minimum absolute atomic E-state index is 0.543. The number of aliphatic hydroxyl groups excluding tert-OH is 1. The van der Waals surface area contributed by atoms with Gasteiger partial charge < -0.3 is 9.84 Å². The van der Waals surface area contributed by atoms with Crippen molar-refractivity contribution < 1.29 is 9.84 Å². The van der Waals surface area contributed by atoms with Gasteiger partial charge in [0.1, 0.15) is 5.75 Å². The lowest BCUT2D eigenvalue weighted by Gasteiger charge is -2.18. The maximum absolute atomic E-state index is 9.72. The van der Waals surface area contributed by atoms with Gasteiger partial charge in [-0.1, -0.05) is 0 Å². The van der Waals surface area contributed by atoms with Crippen LogP contribution in [0.25, 0.3) is 0 Å². The molecule has 1 aromatic carbocycles. The summed E-state index contributed by atoms with van der Waals surface area (Å²) in [6.07, 6.45) is 0.0601. The third-order valence-electron chi connectivity index (χ3n) is 2.38. The lowest BCUT2D eigenvalue weighted by molar-refractivity contribution is 0.186. The molecule has 2 rings (SSSR count). The maximum Gasteiger partial charge on any atom is 0.152 e. The van der Waals surface area contributed by atoms with Gasteiger partial charge in [0.2, 0.25) is 0 Å². The SMILES string of the molecule is COc1ccc(N2N=C(C)CC2O)cc1. The van der Waals surface area contributed by atoms with Gasteiger partial charge in [0.25, 0.3) is 0 Å². The Morgan fingerprint density at radius 2 is 2.07 bits per heavy atom. The highest BCUT2D eigenvalue weighted by Crippen LogP contribution is 2.25. The lowest BCUT2D eigenvalue weighted by Crippen LogP contribution is -2.25. The number of ether oxygens (including phenoxy) is 1. The zero-order valence-electron chi connectivity index (χ0n) is 8.84. The van der Waals surface area contributed by atoms with E-state index in [1.807, 2.05) is 31.2 Å². The Hall–Kier alpha value is -1.55. The fraction of sp³-hybridized carbons (Fsp3) is 0.364. The summed E-state index contributed by atoms with van der Waals surface area (Å²) in [5.41, 5.74) is 1.82. The van der Waals surface area contributed by atoms with Crippen LogP contribution >= 0.6 is 0 Å². The summed E-state index contributed by atoms with van der Waals surface area (Å²) in [7, 11) is 1.63. The van der Waals surface area contributed by atoms with Crippen LogP contribution in [0.4, 0.5) is 5.69 Å². The number of anilines is 1. The highest BCUT2D eigenvalue weighted by atomic mass is 16.5. The Labute approximate surface area is 88.8 Å². The van der Waals surface area contributed by atoms with Crippen LogP contribution < -0.4 is 9.75 Å². The van der Waals surface area contributed by atoms with Crippen LogP contribution in [-0.2, 0) is 0 Å². The van der Waals surface area contributed by atoms with Crippen molar-refractivity contribution >= 4 is 11.4 Å². The summed E-state index contributed by atoms with van der Waals surface area (Å²) in [5.74, 6) is 0.799. The zero-order chi connectivity index (χ0) is 10.8. The molecule has 1 unspecified atom stereocenters. The molecule has 0 fully saturated rings. The van der Waals surface area contributed by atoms with Crippen molar-refractivity contribution in [3.8, 4) is 5.75 Å². The molecule has 0 saturated heterocycles. The largest absolute Gasteiger partial charge is 0.497 e. The van der Waals surface area contributed by atoms with Gasteiger partial charge in [-0.25, -0.2) is 5.01 Å². The van der Waals surface area contributed by atoms with Crippen molar-refractivity contribution in [2.45, 2.75) is 19.6 Å². The summed E-state index contributed by atoms with van der Waals surface area (Å²) in [4.78, 5) is 0. The van der Waals surface area contributed by atoms with E-state index in [0.29, 0.717) is 6.42 Å². The number of nitrogens with zero attached hydrogens (tertiary/aromatic N) is 2. The molecule has 0 aromatic heterocycles. The van der Waals surface area contributed by atoms with Crippen LogP contribution in [0.2, 0.25) is 0 Å². The number of rotatable bonds is 2. The fourth-order valence-electron chi connectivity index (χ4n) is 1.61. The first-order valence-corrected chi connectivity index (χ1v) is 4.86. The van der Waals surface area contributed by atoms with E-state index in [9.17, 15) is 5.11 Å². The van der Waals surface area contributed by atoms with E-state index in [2.05, 4.69) is 5.10 Å². The van der Waals surface area contributed by atoms with E-state index >= 15 is 0 Å². The third kappa shape index (κ3) is 1.94. The summed E-state index contributed by atoms with van der Waals surface area (Å²) in [5, 5.41) is 15.6. The Balaban J connectivity index is 2.22. The number of aliphatic hydroxyl groups is 1. The molecule has 1 aromatic rings. The molecular formula is C11H14N2O2. The lowest BCUT2D eigenvalue weighted by atomic mass is 10.2. The molecular weight excluding hydrogens is 192 g/mol. The average Bonchev–Trinajstić information content (AvgIpc) is 2.58. The van der Waals surface area contributed by atoms with Crippen LogP contribution in [0.1, 0.15) is 13.3 Å². The molecule has 80 valence electrons. The van der Waals surface area contributed by atoms with Gasteiger partial charge in [-0.3, -0.25) is 0 Å². The second-order valence-corrected chi connectivity index (χ2v) is 3.56. The summed E-state index contributed by atoms with van der Waals surface area (Å²) in [6, 6.07) is 7.46. The predicted octanol–water partition coefficient (Wildman–Crippen LogP) is 1.60. The standard InChI is InChI=1S/C11H14N2O2/c1-8-7-11(14)13(12-8)9-3-5-10(15-2)6-4-9/h3-6,11,14H,7H2,1-2H3. The molecule has 1 aliphatic rings. The third-order valence-corrected chi connectivity index (χ3v) is 2.38. The van der Waals surface area contributed by atoms with E-state index in [1.165, 1.54) is 0 Å². The van der Waals surface area contributed by atoms with Crippen molar-refractivity contribution in [2.75, 3.05) is 12.1 Å². The predicted molar refractivity (Wildman–Crippen MR) is 59.2 cm³/mol. The van der Waals surface area contributed by atoms with E-state index in [-0.39, 0.29) is 0 Å². The van der Waals surface area contributed by atoms with Crippen LogP contribution in [0, 0.1) is 0 Å². The topological polar surface area (TPSA) is 45.1 Å². The van der Waals surface area contributed by atoms with Crippen LogP contribution in [0.5, 0.6) is 5.75 Å². The van der Waals surface area contributed by atoms with Gasteiger partial charge in [0, 0.05) is 12.1 Å². The van der Waals surface area contributed by atoms with Gasteiger partial charge in [-0.2, -0.15) is 5.10 Å². The number of benzene rings is 1. The van der Waals surface area contributed by atoms with Crippen molar-refractivity contribution in [3.63, 3.8) is 0 Å². The van der Waals surface area contributed by atoms with Crippen molar-refractivity contribution in [1.29, 1.82) is 0 Å². The van der Waals surface area contributed by atoms with Crippen LogP contribution in [0.3, 0.4) is 0 Å². The molecule has 0 radical (unpaired) electrons. The zero-order valence-corrected chi connectivity index (χ0v) is 8.84. The van der Waals surface area contributed by atoms with Crippen molar-refractivity contribution in [3.05, 3.63) is 24.3 Å². The molecule has 1 atom stereocenters. The summed E-state index contributed by atoms with van der Waals surface area (Å²) in [6.45, 7) is 1.91. The number of hydrogen-bond donors (Lipinski definition) is 1. The molecule has 0 amide bonds. The molecule has 0 spiro atoms. The molecule has 0 aliphatic carbocycles. The van der Waals surface area contributed by atoms with E-state index in [0.717, 1.165) is 17.1 Å². The Kier molecular flexibility index (Phi) is 2.60. The van der Waals surface area contributed by atoms with Crippen LogP contribution in [-0.4, -0.2) is 24.2 Å². The number of methoxy groups -OCH3 is 1. The fourth-order valence-corrected chi connectivity index (χ4v) is 1.61. The highest BCUT2D eigenvalue weighted by Gasteiger charge is 2.22. The first-order valence-electron chi connectivity index (χ1n) is 4.86. The van der Waals surface area contributed by atoms with Gasteiger partial charge in [-0.15, -0.1) is 0 Å². The summed E-state index contributed by atoms with van der Waals surface area (Å²) >= 11 is 0. The Morgan fingerprint density at radius 1 is 1.40 bits per heavy atom. The molecule has 0 saturated carbocycles. The van der Waals surface area contributed by atoms with E-state index in [1.54, 1.807) is 12.1 Å². The summed E-state index contributed by atoms with van der Waals surface area (Å²) < 4.78 is 5.06. The first-order chi connectivity index (χ1) is 7.20. The molecule has 1 heterocycles. The van der Waals surface area contributed by atoms with Gasteiger partial charge in [0.15, 0.2) is 6.23 Å². The van der Waals surface area contributed by atoms with E-state index in [4.69, 9.17) is 4.74 Å². The van der Waals surface area contributed by atoms with Crippen molar-refractivity contribution in [1.82, 2.24) is 0 Å². The maximum atomic E-state index is 9.72. The van der Waals surface area contributed by atoms with Crippen molar-refractivity contribution in [2.24, 2.45) is 5.10 Å². The smallest absolute Gasteiger partial charge is 0.152 e. The van der Waals surface area contributed by atoms with Gasteiger partial charge in [0.05, 0.1) is 12.8 Å². The minimum Gasteiger partial charge on any atom is -0.497 e. The average molecular weight is 206 g/mol. The normalized spacial score (nSPS) is 20.3.